The number of hydrogen-bond donors (Lipinski definition) is 3. The van der Waals surface area contributed by atoms with Gasteiger partial charge in [-0.25, -0.2) is 9.59 Å². The van der Waals surface area contributed by atoms with Gasteiger partial charge in [-0.2, -0.15) is 0 Å². The van der Waals surface area contributed by atoms with Crippen molar-refractivity contribution in [3.63, 3.8) is 0 Å². The van der Waals surface area contributed by atoms with Crippen LogP contribution >= 0.6 is 0 Å². The lowest BCUT2D eigenvalue weighted by Gasteiger charge is -2.30. The Morgan fingerprint density at radius 3 is 2.15 bits per heavy atom. The van der Waals surface area contributed by atoms with Crippen LogP contribution < -0.4 is 10.6 Å². The average Bonchev–Trinajstić information content (AvgIpc) is 3.37. The van der Waals surface area contributed by atoms with Crippen molar-refractivity contribution in [2.75, 3.05) is 6.61 Å². The molecule has 1 fully saturated rings. The Kier molecular flexibility index (Phi) is 6.64. The number of fused-ring (bicyclic) bond motifs is 3. The first-order chi connectivity index (χ1) is 16.2. The molecule has 7 nitrogen and oxygen atoms in total. The molecule has 2 amide bonds. The van der Waals surface area contributed by atoms with Gasteiger partial charge in [0.1, 0.15) is 12.6 Å². The predicted octanol–water partition coefficient (Wildman–Crippen LogP) is 4.31. The van der Waals surface area contributed by atoms with E-state index in [-0.39, 0.29) is 24.5 Å². The van der Waals surface area contributed by atoms with Crippen LogP contribution in [0.15, 0.2) is 48.5 Å². The highest BCUT2D eigenvalue weighted by atomic mass is 16.5. The van der Waals surface area contributed by atoms with Crippen LogP contribution in [0.3, 0.4) is 0 Å². The molecule has 2 aromatic carbocycles. The summed E-state index contributed by atoms with van der Waals surface area (Å²) in [5.74, 6) is -1.93. The second kappa shape index (κ2) is 9.49. The molecule has 7 heteroatoms. The van der Waals surface area contributed by atoms with Gasteiger partial charge < -0.3 is 20.5 Å². The van der Waals surface area contributed by atoms with E-state index >= 15 is 0 Å². The van der Waals surface area contributed by atoms with Crippen molar-refractivity contribution >= 4 is 18.0 Å². The number of hydrogen-bond acceptors (Lipinski definition) is 4. The van der Waals surface area contributed by atoms with E-state index in [0.717, 1.165) is 28.7 Å². The maximum Gasteiger partial charge on any atom is 0.407 e. The average molecular weight is 465 g/mol. The highest BCUT2D eigenvalue weighted by Crippen LogP contribution is 2.44. The SMILES string of the molecule is CC(C)(C)[C@H](NC(=O)[C@@H]1CCC[C@@H]1NC(=O)OCC1c2ccccc2-c2ccccc21)C(=O)O. The maximum atomic E-state index is 12.9. The molecule has 0 saturated heterocycles. The van der Waals surface area contributed by atoms with Crippen molar-refractivity contribution < 1.29 is 24.2 Å². The van der Waals surface area contributed by atoms with Gasteiger partial charge in [0.25, 0.3) is 0 Å². The van der Waals surface area contributed by atoms with E-state index in [9.17, 15) is 19.5 Å². The van der Waals surface area contributed by atoms with Crippen molar-refractivity contribution in [1.82, 2.24) is 10.6 Å². The fourth-order valence-corrected chi connectivity index (χ4v) is 5.14. The Balaban J connectivity index is 1.38. The van der Waals surface area contributed by atoms with E-state index < -0.39 is 29.4 Å². The van der Waals surface area contributed by atoms with Crippen molar-refractivity contribution in [1.29, 1.82) is 0 Å². The number of carbonyl (C=O) groups is 3. The Hall–Kier alpha value is -3.35. The molecule has 3 N–H and O–H groups in total. The summed E-state index contributed by atoms with van der Waals surface area (Å²) in [6.45, 7) is 5.52. The highest BCUT2D eigenvalue weighted by Gasteiger charge is 2.39. The van der Waals surface area contributed by atoms with E-state index in [2.05, 4.69) is 34.9 Å². The second-order valence-corrected chi connectivity index (χ2v) is 10.3. The molecule has 0 aromatic heterocycles. The summed E-state index contributed by atoms with van der Waals surface area (Å²) in [6.07, 6.45) is 1.46. The molecule has 34 heavy (non-hydrogen) atoms. The Bertz CT molecular complexity index is 1040. The molecule has 180 valence electrons. The fourth-order valence-electron chi connectivity index (χ4n) is 5.14. The minimum atomic E-state index is -1.07. The normalized spacial score (nSPS) is 20.2. The van der Waals surface area contributed by atoms with Crippen LogP contribution in [0.2, 0.25) is 0 Å². The van der Waals surface area contributed by atoms with E-state index in [1.807, 2.05) is 24.3 Å². The minimum Gasteiger partial charge on any atom is -0.480 e. The van der Waals surface area contributed by atoms with E-state index in [1.165, 1.54) is 0 Å². The molecule has 0 radical (unpaired) electrons. The van der Waals surface area contributed by atoms with Gasteiger partial charge in [0.2, 0.25) is 5.91 Å². The minimum absolute atomic E-state index is 0.0380. The predicted molar refractivity (Wildman–Crippen MR) is 128 cm³/mol. The summed E-state index contributed by atoms with van der Waals surface area (Å²) in [5.41, 5.74) is 3.96. The molecular formula is C27H32N2O5. The monoisotopic (exact) mass is 464 g/mol. The van der Waals surface area contributed by atoms with Crippen LogP contribution in [0.5, 0.6) is 0 Å². The number of amides is 2. The molecule has 1 saturated carbocycles. The Morgan fingerprint density at radius 1 is 1.00 bits per heavy atom. The van der Waals surface area contributed by atoms with Crippen LogP contribution in [-0.2, 0) is 14.3 Å². The van der Waals surface area contributed by atoms with Gasteiger partial charge in [-0.1, -0.05) is 75.7 Å². The summed E-state index contributed by atoms with van der Waals surface area (Å²) in [4.78, 5) is 37.2. The molecule has 2 aliphatic rings. The first kappa shape index (κ1) is 23.8. The van der Waals surface area contributed by atoms with Crippen molar-refractivity contribution in [2.24, 2.45) is 11.3 Å². The van der Waals surface area contributed by atoms with Crippen LogP contribution in [0.1, 0.15) is 57.1 Å². The lowest BCUT2D eigenvalue weighted by Crippen LogP contribution is -2.53. The van der Waals surface area contributed by atoms with Gasteiger partial charge in [0, 0.05) is 12.0 Å². The largest absolute Gasteiger partial charge is 0.480 e. The molecule has 4 rings (SSSR count). The van der Waals surface area contributed by atoms with Crippen molar-refractivity contribution in [2.45, 2.75) is 58.0 Å². The smallest absolute Gasteiger partial charge is 0.407 e. The summed E-state index contributed by atoms with van der Waals surface area (Å²) in [7, 11) is 0. The standard InChI is InChI=1S/C27H32N2O5/c1-27(2,3)23(25(31)32)29-24(30)20-13-8-14-22(20)28-26(33)34-15-21-18-11-6-4-9-16(18)17-10-5-7-12-19(17)21/h4-7,9-12,20-23H,8,13-15H2,1-3H3,(H,28,33)(H,29,30)(H,31,32)/t20-,22+,23-/m1/s1. The molecule has 2 aliphatic carbocycles. The zero-order chi connectivity index (χ0) is 24.5. The van der Waals surface area contributed by atoms with Crippen molar-refractivity contribution in [3.05, 3.63) is 59.7 Å². The summed E-state index contributed by atoms with van der Waals surface area (Å²) in [5, 5.41) is 15.0. The third kappa shape index (κ3) is 4.79. The highest BCUT2D eigenvalue weighted by molar-refractivity contribution is 5.86. The van der Waals surface area contributed by atoms with Gasteiger partial charge in [0.05, 0.1) is 5.92 Å². The number of carbonyl (C=O) groups excluding carboxylic acids is 2. The number of carboxylic acid groups (broad SMARTS) is 1. The van der Waals surface area contributed by atoms with Crippen LogP contribution in [0.4, 0.5) is 4.79 Å². The molecule has 0 unspecified atom stereocenters. The molecular weight excluding hydrogens is 432 g/mol. The fraction of sp³-hybridized carbons (Fsp3) is 0.444. The lowest BCUT2D eigenvalue weighted by molar-refractivity contribution is -0.145. The number of ether oxygens (including phenoxy) is 1. The van der Waals surface area contributed by atoms with Crippen molar-refractivity contribution in [3.8, 4) is 11.1 Å². The lowest BCUT2D eigenvalue weighted by atomic mass is 9.86. The molecule has 0 heterocycles. The second-order valence-electron chi connectivity index (χ2n) is 10.3. The summed E-state index contributed by atoms with van der Waals surface area (Å²) in [6, 6.07) is 14.9. The topological polar surface area (TPSA) is 105 Å². The molecule has 0 bridgehead atoms. The summed E-state index contributed by atoms with van der Waals surface area (Å²) < 4.78 is 5.63. The van der Waals surface area contributed by atoms with Gasteiger partial charge in [0.15, 0.2) is 0 Å². The zero-order valence-electron chi connectivity index (χ0n) is 19.8. The molecule has 0 spiro atoms. The van der Waals surface area contributed by atoms with Crippen LogP contribution in [0.25, 0.3) is 11.1 Å². The number of benzene rings is 2. The number of aliphatic carboxylic acids is 1. The maximum absolute atomic E-state index is 12.9. The number of carboxylic acids is 1. The van der Waals surface area contributed by atoms with Crippen LogP contribution in [-0.4, -0.2) is 41.8 Å². The Morgan fingerprint density at radius 2 is 1.59 bits per heavy atom. The molecule has 2 aromatic rings. The number of rotatable bonds is 6. The Labute approximate surface area is 199 Å². The number of alkyl carbamates (subject to hydrolysis) is 1. The first-order valence-corrected chi connectivity index (χ1v) is 11.8. The van der Waals surface area contributed by atoms with Crippen LogP contribution in [0, 0.1) is 11.3 Å². The summed E-state index contributed by atoms with van der Waals surface area (Å²) >= 11 is 0. The number of nitrogens with one attached hydrogen (secondary N) is 2. The molecule has 3 atom stereocenters. The van der Waals surface area contributed by atoms with Gasteiger partial charge in [-0.3, -0.25) is 4.79 Å². The first-order valence-electron chi connectivity index (χ1n) is 11.8. The third-order valence-electron chi connectivity index (χ3n) is 6.90. The van der Waals surface area contributed by atoms with E-state index in [0.29, 0.717) is 12.8 Å². The quantitative estimate of drug-likeness (QED) is 0.591. The third-order valence-corrected chi connectivity index (χ3v) is 6.90. The van der Waals surface area contributed by atoms with E-state index in [4.69, 9.17) is 4.74 Å². The molecule has 0 aliphatic heterocycles. The zero-order valence-corrected chi connectivity index (χ0v) is 19.8. The van der Waals surface area contributed by atoms with Gasteiger partial charge in [-0.15, -0.1) is 0 Å². The van der Waals surface area contributed by atoms with E-state index in [1.54, 1.807) is 20.8 Å². The van der Waals surface area contributed by atoms with Gasteiger partial charge >= 0.3 is 12.1 Å². The van der Waals surface area contributed by atoms with Gasteiger partial charge in [-0.05, 0) is 40.5 Å².